The van der Waals surface area contributed by atoms with Crippen LogP contribution in [0.3, 0.4) is 0 Å². The molecule has 9 heteroatoms. The maximum absolute atomic E-state index is 14.6. The van der Waals surface area contributed by atoms with Gasteiger partial charge >= 0.3 is 5.97 Å². The third-order valence-electron chi connectivity index (χ3n) is 7.98. The number of fused-ring (bicyclic) bond motifs is 3. The summed E-state index contributed by atoms with van der Waals surface area (Å²) in [7, 11) is -3.05. The molecule has 1 saturated carbocycles. The molecule has 37 heavy (non-hydrogen) atoms. The molecule has 3 aliphatic rings. The number of ether oxygens (including phenoxy) is 1. The highest BCUT2D eigenvalue weighted by Gasteiger charge is 2.59. The van der Waals surface area contributed by atoms with Crippen molar-refractivity contribution in [3.05, 3.63) is 76.7 Å². The minimum absolute atomic E-state index is 0.0638. The first-order valence-electron chi connectivity index (χ1n) is 12.3. The second-order valence-electron chi connectivity index (χ2n) is 10.4. The van der Waals surface area contributed by atoms with E-state index in [4.69, 9.17) is 4.74 Å². The third kappa shape index (κ3) is 4.25. The molecule has 0 amide bonds. The Balaban J connectivity index is 1.15. The van der Waals surface area contributed by atoms with Crippen molar-refractivity contribution in [2.24, 2.45) is 11.8 Å². The van der Waals surface area contributed by atoms with Gasteiger partial charge < -0.3 is 14.7 Å². The number of pyridine rings is 1. The summed E-state index contributed by atoms with van der Waals surface area (Å²) in [6.45, 7) is 2.82. The maximum atomic E-state index is 14.6. The highest BCUT2D eigenvalue weighted by Crippen LogP contribution is 2.61. The second kappa shape index (κ2) is 8.55. The minimum atomic E-state index is -3.05. The number of rotatable bonds is 7. The number of anilines is 1. The summed E-state index contributed by atoms with van der Waals surface area (Å²) >= 11 is 0. The number of aliphatic carboxylic acids is 1. The number of halogens is 1. The molecule has 192 valence electrons. The molecule has 2 aliphatic carbocycles. The Morgan fingerprint density at radius 2 is 1.95 bits per heavy atom. The van der Waals surface area contributed by atoms with E-state index in [0.717, 1.165) is 40.2 Å². The Hall–Kier alpha value is -3.46. The van der Waals surface area contributed by atoms with Crippen molar-refractivity contribution in [3.63, 3.8) is 0 Å². The van der Waals surface area contributed by atoms with Gasteiger partial charge in [-0.15, -0.1) is 0 Å². The highest BCUT2D eigenvalue weighted by atomic mass is 32.2. The largest absolute Gasteiger partial charge is 0.489 e. The first-order chi connectivity index (χ1) is 17.6. The summed E-state index contributed by atoms with van der Waals surface area (Å²) in [4.78, 5) is 17.9. The van der Waals surface area contributed by atoms with Crippen molar-refractivity contribution in [1.82, 2.24) is 4.98 Å². The van der Waals surface area contributed by atoms with Crippen LogP contribution in [0.15, 0.2) is 48.5 Å². The number of sulfone groups is 1. The lowest BCUT2D eigenvalue weighted by Gasteiger charge is -2.39. The number of carboxylic acid groups (broad SMARTS) is 1. The SMILES string of the molecule is Cc1nc(N2CC(S(C)(=O)=O)C2)ccc1-c1ccc(F)c(COc2ccc3c(c2)C[C@@H]2C3[C@H]2C(=O)O)c1. The van der Waals surface area contributed by atoms with Crippen LogP contribution in [0.25, 0.3) is 11.1 Å². The predicted molar refractivity (Wildman–Crippen MR) is 137 cm³/mol. The van der Waals surface area contributed by atoms with Gasteiger partial charge in [-0.3, -0.25) is 4.79 Å². The summed E-state index contributed by atoms with van der Waals surface area (Å²) in [6.07, 6.45) is 2.00. The van der Waals surface area contributed by atoms with E-state index in [9.17, 15) is 22.7 Å². The van der Waals surface area contributed by atoms with Gasteiger partial charge in [0.2, 0.25) is 0 Å². The van der Waals surface area contributed by atoms with E-state index < -0.39 is 15.8 Å². The lowest BCUT2D eigenvalue weighted by Crippen LogP contribution is -2.54. The van der Waals surface area contributed by atoms with Crippen molar-refractivity contribution in [2.45, 2.75) is 31.1 Å². The fourth-order valence-corrected chi connectivity index (χ4v) is 6.66. The van der Waals surface area contributed by atoms with Gasteiger partial charge in [-0.05, 0) is 72.4 Å². The zero-order chi connectivity index (χ0) is 26.1. The normalized spacial score (nSPS) is 22.2. The molecule has 0 bridgehead atoms. The topological polar surface area (TPSA) is 96.8 Å². The number of carbonyl (C=O) groups is 1. The summed E-state index contributed by atoms with van der Waals surface area (Å²) in [5, 5.41) is 8.94. The van der Waals surface area contributed by atoms with Crippen LogP contribution in [0, 0.1) is 24.6 Å². The second-order valence-corrected chi connectivity index (χ2v) is 12.7. The van der Waals surface area contributed by atoms with E-state index in [1.807, 2.05) is 42.2 Å². The zero-order valence-corrected chi connectivity index (χ0v) is 21.3. The van der Waals surface area contributed by atoms with Crippen LogP contribution in [-0.4, -0.2) is 49.1 Å². The average Bonchev–Trinajstić information content (AvgIpc) is 3.39. The monoisotopic (exact) mass is 522 g/mol. The number of nitrogens with zero attached hydrogens (tertiary/aromatic N) is 2. The molecule has 0 spiro atoms. The Bertz CT molecular complexity index is 1530. The zero-order valence-electron chi connectivity index (χ0n) is 20.5. The van der Waals surface area contributed by atoms with Gasteiger partial charge in [0.05, 0.1) is 11.2 Å². The quantitative estimate of drug-likeness (QED) is 0.501. The van der Waals surface area contributed by atoms with Crippen LogP contribution in [0.5, 0.6) is 5.75 Å². The summed E-state index contributed by atoms with van der Waals surface area (Å²) in [6, 6.07) is 14.4. The van der Waals surface area contributed by atoms with Crippen molar-refractivity contribution < 1.29 is 27.4 Å². The van der Waals surface area contributed by atoms with Gasteiger partial charge in [0.15, 0.2) is 9.84 Å². The molecule has 1 N–H and O–H groups in total. The molecule has 1 aliphatic heterocycles. The fraction of sp³-hybridized carbons (Fsp3) is 0.357. The van der Waals surface area contributed by atoms with Crippen molar-refractivity contribution in [2.75, 3.05) is 24.2 Å². The molecule has 3 aromatic rings. The van der Waals surface area contributed by atoms with Crippen molar-refractivity contribution in [1.29, 1.82) is 0 Å². The maximum Gasteiger partial charge on any atom is 0.307 e. The van der Waals surface area contributed by atoms with Crippen LogP contribution in [0.2, 0.25) is 0 Å². The molecule has 0 radical (unpaired) electrons. The minimum Gasteiger partial charge on any atom is -0.489 e. The molecule has 1 unspecified atom stereocenters. The summed E-state index contributed by atoms with van der Waals surface area (Å²) in [5.41, 5.74) is 5.10. The van der Waals surface area contributed by atoms with Gasteiger partial charge in [-0.1, -0.05) is 12.1 Å². The van der Waals surface area contributed by atoms with E-state index in [-0.39, 0.29) is 35.4 Å². The number of benzene rings is 2. The highest BCUT2D eigenvalue weighted by molar-refractivity contribution is 7.91. The Labute approximate surface area is 214 Å². The Kier molecular flexibility index (Phi) is 5.52. The number of hydrogen-bond acceptors (Lipinski definition) is 6. The van der Waals surface area contributed by atoms with Crippen LogP contribution < -0.4 is 9.64 Å². The van der Waals surface area contributed by atoms with Crippen LogP contribution in [0.1, 0.15) is 28.3 Å². The molecule has 6 rings (SSSR count). The van der Waals surface area contributed by atoms with Crippen LogP contribution in [0.4, 0.5) is 10.2 Å². The Morgan fingerprint density at radius 3 is 2.65 bits per heavy atom. The van der Waals surface area contributed by atoms with Gasteiger partial charge in [0.1, 0.15) is 24.0 Å². The molecule has 1 aromatic heterocycles. The van der Waals surface area contributed by atoms with E-state index in [1.54, 1.807) is 12.1 Å². The standard InChI is InChI=1S/C28H27FN2O5S/c1-15-21(6-8-25(30-15)31-12-20(13-31)37(2,34)35)16-3-7-24(29)18(9-16)14-36-19-4-5-22-17(10-19)11-23-26(22)27(23)28(32)33/h3-10,20,23,26-27H,11-14H2,1-2H3,(H,32,33)/t23-,26?,27+/m1/s1. The first kappa shape index (κ1) is 23.9. The number of aryl methyl sites for hydroxylation is 1. The molecule has 3 atom stereocenters. The molecular formula is C28H27FN2O5S. The molecule has 2 aromatic carbocycles. The molecule has 7 nitrogen and oxygen atoms in total. The average molecular weight is 523 g/mol. The smallest absolute Gasteiger partial charge is 0.307 e. The van der Waals surface area contributed by atoms with E-state index in [0.29, 0.717) is 24.4 Å². The van der Waals surface area contributed by atoms with Crippen molar-refractivity contribution in [3.8, 4) is 16.9 Å². The van der Waals surface area contributed by atoms with Gasteiger partial charge in [-0.25, -0.2) is 17.8 Å². The van der Waals surface area contributed by atoms with Gasteiger partial charge in [0, 0.05) is 42.1 Å². The van der Waals surface area contributed by atoms with Crippen molar-refractivity contribution >= 4 is 21.6 Å². The summed E-state index contributed by atoms with van der Waals surface area (Å²) < 4.78 is 43.9. The molecule has 1 saturated heterocycles. The molecule has 2 fully saturated rings. The van der Waals surface area contributed by atoms with Gasteiger partial charge in [-0.2, -0.15) is 0 Å². The lowest BCUT2D eigenvalue weighted by molar-refractivity contribution is -0.139. The lowest BCUT2D eigenvalue weighted by atomic mass is 10.0. The predicted octanol–water partition coefficient (Wildman–Crippen LogP) is 3.98. The number of aromatic nitrogens is 1. The first-order valence-corrected chi connectivity index (χ1v) is 14.2. The Morgan fingerprint density at radius 1 is 1.16 bits per heavy atom. The van der Waals surface area contributed by atoms with Gasteiger partial charge in [0.25, 0.3) is 0 Å². The summed E-state index contributed by atoms with van der Waals surface area (Å²) in [5.74, 6) is 0.320. The van der Waals surface area contributed by atoms with Crippen LogP contribution >= 0.6 is 0 Å². The van der Waals surface area contributed by atoms with E-state index >= 15 is 0 Å². The van der Waals surface area contributed by atoms with E-state index in [1.165, 1.54) is 12.3 Å². The number of hydrogen-bond donors (Lipinski definition) is 1. The number of carboxylic acids is 1. The van der Waals surface area contributed by atoms with E-state index in [2.05, 4.69) is 4.98 Å². The molecule has 2 heterocycles. The third-order valence-corrected chi connectivity index (χ3v) is 9.49. The molecular weight excluding hydrogens is 495 g/mol. The van der Waals surface area contributed by atoms with Crippen LogP contribution in [-0.2, 0) is 27.7 Å². The fourth-order valence-electron chi connectivity index (χ4n) is 5.76.